The Morgan fingerprint density at radius 3 is 2.71 bits per heavy atom. The minimum Gasteiger partial charge on any atom is -0.478 e. The Hall–Kier alpha value is -1.89. The Morgan fingerprint density at radius 1 is 1.33 bits per heavy atom. The van der Waals surface area contributed by atoms with Crippen LogP contribution in [0.1, 0.15) is 29.0 Å². The second-order valence-corrected chi connectivity index (χ2v) is 7.80. The molecule has 112 valence electrons. The molecule has 0 aromatic carbocycles. The summed E-state index contributed by atoms with van der Waals surface area (Å²) in [4.78, 5) is 15.4. The van der Waals surface area contributed by atoms with Crippen LogP contribution in [0.25, 0.3) is 5.52 Å². The van der Waals surface area contributed by atoms with Crippen LogP contribution in [0.2, 0.25) is 0 Å². The summed E-state index contributed by atoms with van der Waals surface area (Å²) in [6.45, 7) is 0. The summed E-state index contributed by atoms with van der Waals surface area (Å²) < 4.78 is 24.7. The van der Waals surface area contributed by atoms with Gasteiger partial charge in [-0.05, 0) is 30.9 Å². The number of aromatic carboxylic acids is 1. The number of fused-ring (bicyclic) bond motifs is 1. The van der Waals surface area contributed by atoms with Gasteiger partial charge in [-0.1, -0.05) is 0 Å². The molecular formula is C14H16N2O4S. The molecule has 7 heteroatoms. The van der Waals surface area contributed by atoms with E-state index in [9.17, 15) is 13.2 Å². The van der Waals surface area contributed by atoms with E-state index in [2.05, 4.69) is 4.98 Å². The molecule has 1 saturated heterocycles. The Bertz CT molecular complexity index is 780. The van der Waals surface area contributed by atoms with Crippen LogP contribution in [0.15, 0.2) is 24.5 Å². The van der Waals surface area contributed by atoms with E-state index in [1.807, 2.05) is 0 Å². The van der Waals surface area contributed by atoms with Crippen molar-refractivity contribution in [1.29, 1.82) is 0 Å². The van der Waals surface area contributed by atoms with Gasteiger partial charge in [0.2, 0.25) is 0 Å². The fourth-order valence-electron chi connectivity index (χ4n) is 2.72. The number of sulfone groups is 1. The highest BCUT2D eigenvalue weighted by Crippen LogP contribution is 2.23. The lowest BCUT2D eigenvalue weighted by Gasteiger charge is -2.21. The summed E-state index contributed by atoms with van der Waals surface area (Å²) in [7, 11) is -2.86. The molecule has 0 bridgehead atoms. The lowest BCUT2D eigenvalue weighted by molar-refractivity contribution is 0.0696. The molecule has 0 radical (unpaired) electrons. The van der Waals surface area contributed by atoms with Gasteiger partial charge >= 0.3 is 5.97 Å². The summed E-state index contributed by atoms with van der Waals surface area (Å²) in [5.74, 6) is 0.577. The first-order valence-electron chi connectivity index (χ1n) is 6.84. The maximum Gasteiger partial charge on any atom is 0.337 e. The third kappa shape index (κ3) is 2.92. The number of carboxylic acids is 1. The van der Waals surface area contributed by atoms with Crippen molar-refractivity contribution in [2.75, 3.05) is 11.5 Å². The zero-order valence-electron chi connectivity index (χ0n) is 11.4. The molecular weight excluding hydrogens is 292 g/mol. The van der Waals surface area contributed by atoms with E-state index in [4.69, 9.17) is 5.11 Å². The molecule has 0 aliphatic carbocycles. The van der Waals surface area contributed by atoms with Gasteiger partial charge in [0.1, 0.15) is 15.7 Å². The van der Waals surface area contributed by atoms with Crippen LogP contribution in [0.3, 0.4) is 0 Å². The van der Waals surface area contributed by atoms with E-state index in [0.29, 0.717) is 19.3 Å². The standard InChI is InChI=1S/C14H16N2O4S/c17-14(18)11-1-2-12-8-15-13(16(12)9-11)7-10-3-5-21(19,20)6-4-10/h1-2,8-10H,3-7H2,(H,17,18). The molecule has 3 rings (SSSR count). The van der Waals surface area contributed by atoms with E-state index in [-0.39, 0.29) is 23.0 Å². The Kier molecular flexibility index (Phi) is 3.44. The van der Waals surface area contributed by atoms with Crippen molar-refractivity contribution in [2.24, 2.45) is 5.92 Å². The van der Waals surface area contributed by atoms with Crippen LogP contribution < -0.4 is 0 Å². The van der Waals surface area contributed by atoms with Crippen molar-refractivity contribution >= 4 is 21.3 Å². The van der Waals surface area contributed by atoms with Gasteiger partial charge in [0, 0.05) is 12.6 Å². The zero-order valence-corrected chi connectivity index (χ0v) is 12.2. The van der Waals surface area contributed by atoms with Crippen LogP contribution in [-0.4, -0.2) is 40.4 Å². The number of pyridine rings is 1. The number of carboxylic acid groups (broad SMARTS) is 1. The van der Waals surface area contributed by atoms with Gasteiger partial charge in [-0.25, -0.2) is 18.2 Å². The molecule has 21 heavy (non-hydrogen) atoms. The second-order valence-electron chi connectivity index (χ2n) is 5.49. The van der Waals surface area contributed by atoms with Crippen molar-refractivity contribution in [1.82, 2.24) is 9.38 Å². The monoisotopic (exact) mass is 308 g/mol. The van der Waals surface area contributed by atoms with Gasteiger partial charge in [0.25, 0.3) is 0 Å². The van der Waals surface area contributed by atoms with E-state index >= 15 is 0 Å². The number of nitrogens with zero attached hydrogens (tertiary/aromatic N) is 2. The zero-order chi connectivity index (χ0) is 15.0. The minimum absolute atomic E-state index is 0.216. The molecule has 1 aliphatic heterocycles. The minimum atomic E-state index is -2.86. The number of rotatable bonds is 3. The van der Waals surface area contributed by atoms with Crippen molar-refractivity contribution in [2.45, 2.75) is 19.3 Å². The van der Waals surface area contributed by atoms with Crippen molar-refractivity contribution in [3.8, 4) is 0 Å². The maximum absolute atomic E-state index is 11.4. The van der Waals surface area contributed by atoms with Crippen LogP contribution in [-0.2, 0) is 16.3 Å². The van der Waals surface area contributed by atoms with E-state index in [0.717, 1.165) is 11.3 Å². The number of aromatic nitrogens is 2. The predicted octanol–water partition coefficient (Wildman–Crippen LogP) is 1.40. The van der Waals surface area contributed by atoms with Gasteiger partial charge in [-0.3, -0.25) is 0 Å². The molecule has 1 aliphatic rings. The van der Waals surface area contributed by atoms with Crippen molar-refractivity contribution in [3.05, 3.63) is 35.9 Å². The molecule has 2 aromatic rings. The average molecular weight is 308 g/mol. The smallest absolute Gasteiger partial charge is 0.337 e. The fraction of sp³-hybridized carbons (Fsp3) is 0.429. The van der Waals surface area contributed by atoms with Gasteiger partial charge in [-0.15, -0.1) is 0 Å². The third-order valence-corrected chi connectivity index (χ3v) is 5.71. The van der Waals surface area contributed by atoms with Gasteiger partial charge in [0.05, 0.1) is 28.8 Å². The van der Waals surface area contributed by atoms with Crippen LogP contribution >= 0.6 is 0 Å². The largest absolute Gasteiger partial charge is 0.478 e. The molecule has 0 amide bonds. The second kappa shape index (κ2) is 5.14. The summed E-state index contributed by atoms with van der Waals surface area (Å²) in [6.07, 6.45) is 5.25. The number of hydrogen-bond acceptors (Lipinski definition) is 4. The highest BCUT2D eigenvalue weighted by atomic mass is 32.2. The van der Waals surface area contributed by atoms with E-state index in [1.54, 1.807) is 28.9 Å². The first-order valence-corrected chi connectivity index (χ1v) is 8.66. The van der Waals surface area contributed by atoms with Crippen molar-refractivity contribution < 1.29 is 18.3 Å². The average Bonchev–Trinajstić information content (AvgIpc) is 2.83. The summed E-state index contributed by atoms with van der Waals surface area (Å²) in [5.41, 5.74) is 1.06. The number of carbonyl (C=O) groups is 1. The quantitative estimate of drug-likeness (QED) is 0.926. The molecule has 0 saturated carbocycles. The van der Waals surface area contributed by atoms with Gasteiger partial charge in [-0.2, -0.15) is 0 Å². The van der Waals surface area contributed by atoms with E-state index < -0.39 is 15.8 Å². The lowest BCUT2D eigenvalue weighted by atomic mass is 9.98. The fourth-order valence-corrected chi connectivity index (χ4v) is 4.31. The maximum atomic E-state index is 11.4. The highest BCUT2D eigenvalue weighted by Gasteiger charge is 2.24. The number of imidazole rings is 1. The SMILES string of the molecule is O=C(O)c1ccc2cnc(CC3CCS(=O)(=O)CC3)n2c1. The van der Waals surface area contributed by atoms with E-state index in [1.165, 1.54) is 0 Å². The summed E-state index contributed by atoms with van der Waals surface area (Å²) >= 11 is 0. The molecule has 0 spiro atoms. The first-order chi connectivity index (χ1) is 9.94. The van der Waals surface area contributed by atoms with Crippen LogP contribution in [0.5, 0.6) is 0 Å². The van der Waals surface area contributed by atoms with Crippen LogP contribution in [0.4, 0.5) is 0 Å². The number of hydrogen-bond donors (Lipinski definition) is 1. The first kappa shape index (κ1) is 14.1. The highest BCUT2D eigenvalue weighted by molar-refractivity contribution is 7.91. The molecule has 3 heterocycles. The van der Waals surface area contributed by atoms with Gasteiger partial charge in [0.15, 0.2) is 0 Å². The summed E-state index contributed by atoms with van der Waals surface area (Å²) in [5, 5.41) is 9.05. The molecule has 1 N–H and O–H groups in total. The van der Waals surface area contributed by atoms with Crippen molar-refractivity contribution in [3.63, 3.8) is 0 Å². The molecule has 0 unspecified atom stereocenters. The third-order valence-electron chi connectivity index (χ3n) is 4.00. The molecule has 1 fully saturated rings. The molecule has 2 aromatic heterocycles. The lowest BCUT2D eigenvalue weighted by Crippen LogP contribution is -2.25. The molecule has 6 nitrogen and oxygen atoms in total. The Labute approximate surface area is 122 Å². The normalized spacial score (nSPS) is 18.9. The predicted molar refractivity (Wildman–Crippen MR) is 77.2 cm³/mol. The Morgan fingerprint density at radius 2 is 2.05 bits per heavy atom. The van der Waals surface area contributed by atoms with Gasteiger partial charge < -0.3 is 9.51 Å². The molecule has 0 atom stereocenters. The Balaban J connectivity index is 1.84. The topological polar surface area (TPSA) is 88.7 Å². The van der Waals surface area contributed by atoms with Crippen LogP contribution in [0, 0.1) is 5.92 Å². The summed E-state index contributed by atoms with van der Waals surface area (Å²) in [6, 6.07) is 3.28.